The van der Waals surface area contributed by atoms with E-state index in [4.69, 9.17) is 10.8 Å². The third kappa shape index (κ3) is 7.21. The zero-order valence-electron chi connectivity index (χ0n) is 15.0. The summed E-state index contributed by atoms with van der Waals surface area (Å²) in [4.78, 5) is 46.7. The second kappa shape index (κ2) is 10.2. The van der Waals surface area contributed by atoms with Gasteiger partial charge >= 0.3 is 11.9 Å². The molecule has 1 aromatic carbocycles. The van der Waals surface area contributed by atoms with Gasteiger partial charge in [-0.05, 0) is 24.6 Å². The van der Waals surface area contributed by atoms with E-state index in [0.29, 0.717) is 5.56 Å². The zero-order chi connectivity index (χ0) is 21.4. The first kappa shape index (κ1) is 22.9. The van der Waals surface area contributed by atoms with Crippen molar-refractivity contribution in [2.45, 2.75) is 44.0 Å². The normalized spacial score (nSPS) is 15.0. The summed E-state index contributed by atoms with van der Waals surface area (Å²) in [6.07, 6.45) is -2.19. The Labute approximate surface area is 160 Å². The first-order valence-electron chi connectivity index (χ1n) is 8.28. The van der Waals surface area contributed by atoms with Crippen molar-refractivity contribution in [2.24, 2.45) is 5.73 Å². The number of aliphatic carboxylic acids is 2. The monoisotopic (exact) mass is 397 g/mol. The van der Waals surface area contributed by atoms with E-state index < -0.39 is 54.4 Å². The van der Waals surface area contributed by atoms with Gasteiger partial charge in [-0.1, -0.05) is 12.1 Å². The van der Waals surface area contributed by atoms with Crippen molar-refractivity contribution in [1.29, 1.82) is 0 Å². The molecule has 28 heavy (non-hydrogen) atoms. The molecular formula is C17H23N3O8. The Morgan fingerprint density at radius 2 is 1.54 bits per heavy atom. The minimum atomic E-state index is -1.59. The summed E-state index contributed by atoms with van der Waals surface area (Å²) in [6.45, 7) is 1.24. The highest BCUT2D eigenvalue weighted by Crippen LogP contribution is 2.11. The van der Waals surface area contributed by atoms with Crippen LogP contribution >= 0.6 is 0 Å². The van der Waals surface area contributed by atoms with Crippen LogP contribution in [0.5, 0.6) is 5.75 Å². The molecule has 0 heterocycles. The highest BCUT2D eigenvalue weighted by molar-refractivity contribution is 5.94. The summed E-state index contributed by atoms with van der Waals surface area (Å²) in [7, 11) is 0. The molecule has 0 aliphatic heterocycles. The molecule has 0 unspecified atom stereocenters. The van der Waals surface area contributed by atoms with Crippen molar-refractivity contribution in [1.82, 2.24) is 10.6 Å². The van der Waals surface area contributed by atoms with E-state index in [0.717, 1.165) is 0 Å². The number of hydrogen-bond donors (Lipinski definition) is 7. The number of rotatable bonds is 10. The van der Waals surface area contributed by atoms with Crippen LogP contribution in [0.2, 0.25) is 0 Å². The molecule has 4 atom stereocenters. The fourth-order valence-electron chi connectivity index (χ4n) is 2.21. The molecular weight excluding hydrogens is 374 g/mol. The first-order chi connectivity index (χ1) is 13.0. The van der Waals surface area contributed by atoms with Crippen molar-refractivity contribution >= 4 is 23.8 Å². The van der Waals surface area contributed by atoms with Crippen LogP contribution in [0.4, 0.5) is 0 Å². The lowest BCUT2D eigenvalue weighted by Crippen LogP contribution is -2.57. The number of carboxylic acids is 2. The molecule has 0 saturated carbocycles. The molecule has 0 aliphatic rings. The van der Waals surface area contributed by atoms with Gasteiger partial charge in [-0.3, -0.25) is 14.4 Å². The van der Waals surface area contributed by atoms with Gasteiger partial charge in [-0.15, -0.1) is 0 Å². The molecule has 11 nitrogen and oxygen atoms in total. The number of carbonyl (C=O) groups excluding carboxylic acids is 2. The van der Waals surface area contributed by atoms with Gasteiger partial charge in [-0.25, -0.2) is 4.79 Å². The number of carbonyl (C=O) groups is 4. The van der Waals surface area contributed by atoms with Crippen molar-refractivity contribution in [2.75, 3.05) is 0 Å². The smallest absolute Gasteiger partial charge is 0.326 e. The molecule has 0 spiro atoms. The Kier molecular flexibility index (Phi) is 8.35. The fourth-order valence-corrected chi connectivity index (χ4v) is 2.21. The highest BCUT2D eigenvalue weighted by Gasteiger charge is 2.30. The molecule has 8 N–H and O–H groups in total. The lowest BCUT2D eigenvalue weighted by Gasteiger charge is -2.22. The summed E-state index contributed by atoms with van der Waals surface area (Å²) in [5, 5.41) is 41.1. The number of benzene rings is 1. The third-order valence-corrected chi connectivity index (χ3v) is 3.82. The van der Waals surface area contributed by atoms with Crippen LogP contribution in [-0.4, -0.2) is 68.4 Å². The molecule has 2 amide bonds. The van der Waals surface area contributed by atoms with E-state index in [2.05, 4.69) is 10.6 Å². The van der Waals surface area contributed by atoms with Crippen LogP contribution in [0, 0.1) is 0 Å². The molecule has 0 radical (unpaired) electrons. The van der Waals surface area contributed by atoms with Gasteiger partial charge in [0, 0.05) is 6.42 Å². The SMILES string of the molecule is C[C@@H](O)[C@H](N)C(=O)N[C@H](CC(=O)O)C(=O)N[C@H](Cc1ccc(O)cc1)C(=O)O. The van der Waals surface area contributed by atoms with E-state index in [-0.39, 0.29) is 12.2 Å². The number of nitrogens with two attached hydrogens (primary N) is 1. The zero-order valence-corrected chi connectivity index (χ0v) is 15.0. The van der Waals surface area contributed by atoms with Gasteiger partial charge in [0.2, 0.25) is 11.8 Å². The molecule has 154 valence electrons. The Balaban J connectivity index is 2.89. The number of aliphatic hydroxyl groups is 1. The van der Waals surface area contributed by atoms with Gasteiger partial charge in [-0.2, -0.15) is 0 Å². The lowest BCUT2D eigenvalue weighted by atomic mass is 10.0. The maximum absolute atomic E-state index is 12.4. The maximum atomic E-state index is 12.4. The maximum Gasteiger partial charge on any atom is 0.326 e. The van der Waals surface area contributed by atoms with Crippen LogP contribution in [0.15, 0.2) is 24.3 Å². The summed E-state index contributed by atoms with van der Waals surface area (Å²) in [5.74, 6) is -4.78. The molecule has 0 fully saturated rings. The van der Waals surface area contributed by atoms with Crippen molar-refractivity contribution in [3.8, 4) is 5.75 Å². The number of hydrogen-bond acceptors (Lipinski definition) is 7. The number of phenolic OH excluding ortho intramolecular Hbond substituents is 1. The molecule has 1 rings (SSSR count). The second-order valence-corrected chi connectivity index (χ2v) is 6.20. The molecule has 0 bridgehead atoms. The van der Waals surface area contributed by atoms with Crippen molar-refractivity contribution < 1.29 is 39.6 Å². The van der Waals surface area contributed by atoms with Crippen LogP contribution in [0.25, 0.3) is 0 Å². The Bertz CT molecular complexity index is 720. The topological polar surface area (TPSA) is 199 Å². The first-order valence-corrected chi connectivity index (χ1v) is 8.28. The Morgan fingerprint density at radius 3 is 2.00 bits per heavy atom. The van der Waals surface area contributed by atoms with Gasteiger partial charge in [0.1, 0.15) is 23.9 Å². The van der Waals surface area contributed by atoms with Crippen LogP contribution in [0.1, 0.15) is 18.9 Å². The molecule has 0 aliphatic carbocycles. The van der Waals surface area contributed by atoms with Gasteiger partial charge < -0.3 is 36.8 Å². The second-order valence-electron chi connectivity index (χ2n) is 6.20. The number of aromatic hydroxyl groups is 1. The minimum Gasteiger partial charge on any atom is -0.508 e. The summed E-state index contributed by atoms with van der Waals surface area (Å²) < 4.78 is 0. The fraction of sp³-hybridized carbons (Fsp3) is 0.412. The highest BCUT2D eigenvalue weighted by atomic mass is 16.4. The molecule has 1 aromatic rings. The molecule has 0 saturated heterocycles. The lowest BCUT2D eigenvalue weighted by molar-refractivity contribution is -0.143. The largest absolute Gasteiger partial charge is 0.508 e. The van der Waals surface area contributed by atoms with Crippen molar-refractivity contribution in [3.63, 3.8) is 0 Å². The average molecular weight is 397 g/mol. The molecule has 11 heteroatoms. The van der Waals surface area contributed by atoms with Gasteiger partial charge in [0.05, 0.1) is 12.5 Å². The number of carboxylic acid groups (broad SMARTS) is 2. The van der Waals surface area contributed by atoms with E-state index >= 15 is 0 Å². The van der Waals surface area contributed by atoms with Crippen LogP contribution in [0.3, 0.4) is 0 Å². The average Bonchev–Trinajstić information content (AvgIpc) is 2.60. The predicted octanol–water partition coefficient (Wildman–Crippen LogP) is -1.83. The number of phenols is 1. The van der Waals surface area contributed by atoms with E-state index in [9.17, 15) is 34.5 Å². The summed E-state index contributed by atoms with van der Waals surface area (Å²) >= 11 is 0. The van der Waals surface area contributed by atoms with E-state index in [1.165, 1.54) is 31.2 Å². The Hall–Kier alpha value is -3.18. The van der Waals surface area contributed by atoms with Crippen LogP contribution < -0.4 is 16.4 Å². The number of aliphatic hydroxyl groups excluding tert-OH is 1. The van der Waals surface area contributed by atoms with Crippen LogP contribution in [-0.2, 0) is 25.6 Å². The Morgan fingerprint density at radius 1 is 1.00 bits per heavy atom. The summed E-state index contributed by atoms with van der Waals surface area (Å²) in [6, 6.07) is 1.25. The quantitative estimate of drug-likeness (QED) is 0.237. The standard InChI is InChI=1S/C17H23N3O8/c1-8(21)14(18)16(26)19-11(7-13(23)24)15(25)20-12(17(27)28)6-9-2-4-10(22)5-3-9/h2-5,8,11-12,14,21-22H,6-7,18H2,1H3,(H,19,26)(H,20,25)(H,23,24)(H,27,28)/t8-,11-,12-,14+/m1/s1. The van der Waals surface area contributed by atoms with Gasteiger partial charge in [0.15, 0.2) is 0 Å². The van der Waals surface area contributed by atoms with Gasteiger partial charge in [0.25, 0.3) is 0 Å². The van der Waals surface area contributed by atoms with E-state index in [1.54, 1.807) is 0 Å². The minimum absolute atomic E-state index is 0.0154. The third-order valence-electron chi connectivity index (χ3n) is 3.82. The number of amides is 2. The van der Waals surface area contributed by atoms with E-state index in [1.807, 2.05) is 0 Å². The number of nitrogens with one attached hydrogen (secondary N) is 2. The van der Waals surface area contributed by atoms with Crippen molar-refractivity contribution in [3.05, 3.63) is 29.8 Å². The summed E-state index contributed by atoms with van der Waals surface area (Å²) in [5.41, 5.74) is 5.95. The predicted molar refractivity (Wildman–Crippen MR) is 95.2 cm³/mol. The molecule has 0 aromatic heterocycles.